The summed E-state index contributed by atoms with van der Waals surface area (Å²) in [7, 11) is 3.78. The topological polar surface area (TPSA) is 57.9 Å². The number of morpholine rings is 1. The molecule has 0 aliphatic carbocycles. The Morgan fingerprint density at radius 2 is 2.21 bits per heavy atom. The normalized spacial score (nSPS) is 22.5. The fraction of sp³-hybridized carbons (Fsp3) is 0.524. The van der Waals surface area contributed by atoms with Gasteiger partial charge in [0.25, 0.3) is 0 Å². The van der Waals surface area contributed by atoms with Crippen molar-refractivity contribution in [1.82, 2.24) is 20.0 Å². The molecule has 1 aromatic heterocycles. The van der Waals surface area contributed by atoms with E-state index >= 15 is 0 Å². The van der Waals surface area contributed by atoms with Gasteiger partial charge in [0.05, 0.1) is 19.3 Å². The van der Waals surface area contributed by atoms with Gasteiger partial charge < -0.3 is 19.9 Å². The summed E-state index contributed by atoms with van der Waals surface area (Å²) in [6.45, 7) is 6.45. The van der Waals surface area contributed by atoms with Crippen molar-refractivity contribution < 1.29 is 4.74 Å². The van der Waals surface area contributed by atoms with Crippen LogP contribution in [0, 0.1) is 0 Å². The van der Waals surface area contributed by atoms with E-state index in [0.29, 0.717) is 12.6 Å². The maximum absolute atomic E-state index is 5.96. The van der Waals surface area contributed by atoms with Crippen LogP contribution >= 0.6 is 0 Å². The summed E-state index contributed by atoms with van der Waals surface area (Å²) < 4.78 is 7.77. The van der Waals surface area contributed by atoms with Gasteiger partial charge in [0, 0.05) is 57.2 Å². The minimum absolute atomic E-state index is 0.0338. The summed E-state index contributed by atoms with van der Waals surface area (Å²) >= 11 is 0. The fourth-order valence-corrected chi connectivity index (χ4v) is 4.24. The van der Waals surface area contributed by atoms with E-state index in [1.807, 2.05) is 31.2 Å². The van der Waals surface area contributed by atoms with Crippen molar-refractivity contribution in [2.24, 2.45) is 12.0 Å². The molecule has 0 radical (unpaired) electrons. The number of aryl methyl sites for hydroxylation is 1. The highest BCUT2D eigenvalue weighted by Crippen LogP contribution is 2.31. The average molecular weight is 383 g/mol. The number of para-hydroxylation sites is 1. The largest absolute Gasteiger partial charge is 0.370 e. The van der Waals surface area contributed by atoms with E-state index in [9.17, 15) is 0 Å². The van der Waals surface area contributed by atoms with Crippen LogP contribution in [0.5, 0.6) is 0 Å². The molecule has 3 heterocycles. The Hall–Kier alpha value is -2.54. The number of aliphatic imine (C=N–C) groups is 1. The molecular weight excluding hydrogens is 352 g/mol. The molecule has 150 valence electrons. The van der Waals surface area contributed by atoms with E-state index < -0.39 is 0 Å². The summed E-state index contributed by atoms with van der Waals surface area (Å²) in [6, 6.07) is 9.27. The zero-order chi connectivity index (χ0) is 19.5. The molecule has 2 unspecified atom stereocenters. The quantitative estimate of drug-likeness (QED) is 0.646. The van der Waals surface area contributed by atoms with E-state index in [-0.39, 0.29) is 6.10 Å². The number of aromatic nitrogens is 2. The van der Waals surface area contributed by atoms with Crippen molar-refractivity contribution in [3.8, 4) is 0 Å². The third-order valence-electron chi connectivity index (χ3n) is 5.66. The number of guanidine groups is 1. The van der Waals surface area contributed by atoms with Gasteiger partial charge in [0.2, 0.25) is 0 Å². The van der Waals surface area contributed by atoms with Crippen LogP contribution in [0.15, 0.2) is 41.7 Å². The van der Waals surface area contributed by atoms with Crippen molar-refractivity contribution in [2.75, 3.05) is 44.7 Å². The Morgan fingerprint density at radius 3 is 3.00 bits per heavy atom. The number of hydrogen-bond acceptors (Lipinski definition) is 4. The minimum Gasteiger partial charge on any atom is -0.370 e. The number of rotatable bonds is 4. The van der Waals surface area contributed by atoms with E-state index in [1.54, 1.807) is 0 Å². The van der Waals surface area contributed by atoms with Crippen LogP contribution in [0.4, 0.5) is 5.69 Å². The van der Waals surface area contributed by atoms with Gasteiger partial charge in [-0.25, -0.2) is 0 Å². The second-order valence-electron chi connectivity index (χ2n) is 7.60. The molecule has 0 bridgehead atoms. The zero-order valence-electron chi connectivity index (χ0n) is 17.0. The highest BCUT2D eigenvalue weighted by atomic mass is 16.5. The Labute approximate surface area is 167 Å². The van der Waals surface area contributed by atoms with Gasteiger partial charge in [-0.2, -0.15) is 5.10 Å². The molecule has 2 atom stereocenters. The van der Waals surface area contributed by atoms with Crippen LogP contribution in [0.25, 0.3) is 0 Å². The molecule has 0 amide bonds. The van der Waals surface area contributed by atoms with Crippen molar-refractivity contribution in [2.45, 2.75) is 25.5 Å². The summed E-state index contributed by atoms with van der Waals surface area (Å²) in [5.41, 5.74) is 3.94. The highest BCUT2D eigenvalue weighted by molar-refractivity contribution is 5.80. The lowest BCUT2D eigenvalue weighted by Gasteiger charge is -2.35. The molecule has 2 aliphatic rings. The molecule has 1 saturated heterocycles. The van der Waals surface area contributed by atoms with Crippen molar-refractivity contribution in [3.05, 3.63) is 47.8 Å². The van der Waals surface area contributed by atoms with E-state index in [1.165, 1.54) is 11.3 Å². The maximum atomic E-state index is 5.96. The predicted octanol–water partition coefficient (Wildman–Crippen LogP) is 1.82. The number of nitrogens with zero attached hydrogens (tertiary/aromatic N) is 5. The maximum Gasteiger partial charge on any atom is 0.193 e. The molecule has 7 heteroatoms. The summed E-state index contributed by atoms with van der Waals surface area (Å²) in [5.74, 6) is 0.942. The molecule has 0 saturated carbocycles. The first-order valence-corrected chi connectivity index (χ1v) is 10.1. The van der Waals surface area contributed by atoms with Crippen LogP contribution < -0.4 is 10.2 Å². The molecule has 1 N–H and O–H groups in total. The van der Waals surface area contributed by atoms with Crippen LogP contribution in [0.3, 0.4) is 0 Å². The lowest BCUT2D eigenvalue weighted by Crippen LogP contribution is -2.49. The van der Waals surface area contributed by atoms with Crippen molar-refractivity contribution >= 4 is 11.6 Å². The van der Waals surface area contributed by atoms with Crippen LogP contribution in [0.1, 0.15) is 24.2 Å². The van der Waals surface area contributed by atoms with Crippen LogP contribution in [0.2, 0.25) is 0 Å². The van der Waals surface area contributed by atoms with Crippen molar-refractivity contribution in [1.29, 1.82) is 0 Å². The first kappa shape index (κ1) is 18.8. The summed E-state index contributed by atoms with van der Waals surface area (Å²) in [4.78, 5) is 9.28. The molecular formula is C21H30N6O. The van der Waals surface area contributed by atoms with Gasteiger partial charge in [-0.1, -0.05) is 18.2 Å². The SMILES string of the molecule is CN=C(NCCN1c2ccccc2CC1C)N1CCOC(c2cnn(C)c2)C1. The molecule has 1 aromatic carbocycles. The zero-order valence-corrected chi connectivity index (χ0v) is 17.0. The second kappa shape index (κ2) is 8.22. The predicted molar refractivity (Wildman–Crippen MR) is 112 cm³/mol. The first-order valence-electron chi connectivity index (χ1n) is 10.1. The van der Waals surface area contributed by atoms with Gasteiger partial charge in [0.1, 0.15) is 6.10 Å². The average Bonchev–Trinajstić information content (AvgIpc) is 3.28. The molecule has 7 nitrogen and oxygen atoms in total. The van der Waals surface area contributed by atoms with Crippen LogP contribution in [-0.4, -0.2) is 66.5 Å². The Kier molecular flexibility index (Phi) is 5.52. The van der Waals surface area contributed by atoms with Gasteiger partial charge in [0.15, 0.2) is 5.96 Å². The van der Waals surface area contributed by atoms with Gasteiger partial charge >= 0.3 is 0 Å². The molecule has 1 fully saturated rings. The standard InChI is InChI=1S/C21H30N6O/c1-16-12-17-6-4-5-7-19(17)27(16)9-8-23-21(22-2)26-10-11-28-20(15-26)18-13-24-25(3)14-18/h4-7,13-14,16,20H,8-12,15H2,1-3H3,(H,22,23). The van der Waals surface area contributed by atoms with Gasteiger partial charge in [-0.3, -0.25) is 9.67 Å². The number of hydrogen-bond donors (Lipinski definition) is 1. The number of anilines is 1. The number of nitrogens with one attached hydrogen (secondary N) is 1. The van der Waals surface area contributed by atoms with E-state index in [4.69, 9.17) is 4.74 Å². The summed E-state index contributed by atoms with van der Waals surface area (Å²) in [5, 5.41) is 7.82. The van der Waals surface area contributed by atoms with E-state index in [0.717, 1.165) is 44.1 Å². The monoisotopic (exact) mass is 382 g/mol. The Balaban J connectivity index is 1.34. The molecule has 28 heavy (non-hydrogen) atoms. The highest BCUT2D eigenvalue weighted by Gasteiger charge is 2.27. The lowest BCUT2D eigenvalue weighted by atomic mass is 10.1. The smallest absolute Gasteiger partial charge is 0.193 e. The van der Waals surface area contributed by atoms with E-state index in [2.05, 4.69) is 56.4 Å². The van der Waals surface area contributed by atoms with Gasteiger partial charge in [-0.15, -0.1) is 0 Å². The third kappa shape index (κ3) is 3.85. The van der Waals surface area contributed by atoms with Crippen LogP contribution in [-0.2, 0) is 18.2 Å². The second-order valence-corrected chi connectivity index (χ2v) is 7.60. The molecule has 4 rings (SSSR count). The molecule has 2 aromatic rings. The Morgan fingerprint density at radius 1 is 1.36 bits per heavy atom. The summed E-state index contributed by atoms with van der Waals surface area (Å²) in [6.07, 6.45) is 5.07. The van der Waals surface area contributed by atoms with Gasteiger partial charge in [-0.05, 0) is 25.0 Å². The number of fused-ring (bicyclic) bond motifs is 1. The Bertz CT molecular complexity index is 832. The minimum atomic E-state index is 0.0338. The first-order chi connectivity index (χ1) is 13.7. The number of ether oxygens (including phenoxy) is 1. The lowest BCUT2D eigenvalue weighted by molar-refractivity contribution is -0.00800. The number of benzene rings is 1. The third-order valence-corrected chi connectivity index (χ3v) is 5.66. The van der Waals surface area contributed by atoms with Crippen molar-refractivity contribution in [3.63, 3.8) is 0 Å². The molecule has 2 aliphatic heterocycles. The molecule has 0 spiro atoms. The fourth-order valence-electron chi connectivity index (χ4n) is 4.24.